The topological polar surface area (TPSA) is 110 Å². The second-order valence-corrected chi connectivity index (χ2v) is 5.02. The number of rotatable bonds is 4. The van der Waals surface area contributed by atoms with Gasteiger partial charge in [0, 0.05) is 17.6 Å². The minimum absolute atomic E-state index is 0.0354. The Morgan fingerprint density at radius 3 is 2.68 bits per heavy atom. The van der Waals surface area contributed by atoms with Crippen LogP contribution in [0.2, 0.25) is 0 Å². The van der Waals surface area contributed by atoms with E-state index in [4.69, 9.17) is 11.5 Å². The van der Waals surface area contributed by atoms with Crippen molar-refractivity contribution in [1.29, 1.82) is 0 Å². The highest BCUT2D eigenvalue weighted by Crippen LogP contribution is 2.22. The Kier molecular flexibility index (Phi) is 3.65. The predicted octanol–water partition coefficient (Wildman–Crippen LogP) is 1.74. The average molecular weight is 295 g/mol. The fourth-order valence-electron chi connectivity index (χ4n) is 2.48. The summed E-state index contributed by atoms with van der Waals surface area (Å²) in [6, 6.07) is 14.2. The van der Waals surface area contributed by atoms with Gasteiger partial charge in [0.15, 0.2) is 0 Å². The minimum atomic E-state index is -0.287. The molecule has 0 atom stereocenters. The van der Waals surface area contributed by atoms with Crippen LogP contribution in [-0.4, -0.2) is 16.5 Å². The van der Waals surface area contributed by atoms with Crippen molar-refractivity contribution in [2.75, 3.05) is 23.3 Å². The van der Waals surface area contributed by atoms with Crippen LogP contribution in [0.5, 0.6) is 0 Å². The molecule has 0 bridgehead atoms. The van der Waals surface area contributed by atoms with Gasteiger partial charge in [-0.2, -0.15) is 4.98 Å². The molecule has 22 heavy (non-hydrogen) atoms. The van der Waals surface area contributed by atoms with Crippen molar-refractivity contribution in [3.8, 4) is 0 Å². The number of hydrogen-bond acceptors (Lipinski definition) is 5. The van der Waals surface area contributed by atoms with Crippen molar-refractivity contribution in [1.82, 2.24) is 9.97 Å². The fourth-order valence-corrected chi connectivity index (χ4v) is 2.48. The summed E-state index contributed by atoms with van der Waals surface area (Å²) >= 11 is 0. The zero-order valence-corrected chi connectivity index (χ0v) is 12.0. The van der Waals surface area contributed by atoms with E-state index < -0.39 is 0 Å². The van der Waals surface area contributed by atoms with Gasteiger partial charge in [0.25, 0.3) is 5.56 Å². The van der Waals surface area contributed by atoms with E-state index in [1.165, 1.54) is 5.39 Å². The van der Waals surface area contributed by atoms with E-state index in [0.29, 0.717) is 18.5 Å². The summed E-state index contributed by atoms with van der Waals surface area (Å²) in [6.07, 6.45) is 0.470. The summed E-state index contributed by atoms with van der Waals surface area (Å²) in [5.41, 5.74) is 12.4. The molecule has 1 heterocycles. The first-order valence-corrected chi connectivity index (χ1v) is 7.01. The van der Waals surface area contributed by atoms with Crippen molar-refractivity contribution in [2.24, 2.45) is 0 Å². The summed E-state index contributed by atoms with van der Waals surface area (Å²) in [7, 11) is 0. The van der Waals surface area contributed by atoms with E-state index >= 15 is 0 Å². The largest absolute Gasteiger partial charge is 0.384 e. The van der Waals surface area contributed by atoms with Crippen LogP contribution in [-0.2, 0) is 6.42 Å². The number of benzene rings is 2. The predicted molar refractivity (Wildman–Crippen MR) is 89.8 cm³/mol. The molecule has 0 saturated heterocycles. The summed E-state index contributed by atoms with van der Waals surface area (Å²) in [4.78, 5) is 18.2. The molecule has 0 fully saturated rings. The third kappa shape index (κ3) is 2.71. The molecule has 0 saturated carbocycles. The normalized spacial score (nSPS) is 10.7. The fraction of sp³-hybridized carbons (Fsp3) is 0.125. The first-order valence-electron chi connectivity index (χ1n) is 7.01. The van der Waals surface area contributed by atoms with Gasteiger partial charge < -0.3 is 16.8 Å². The molecule has 3 rings (SSSR count). The van der Waals surface area contributed by atoms with Gasteiger partial charge in [-0.05, 0) is 17.9 Å². The van der Waals surface area contributed by atoms with Crippen LogP contribution < -0.4 is 22.3 Å². The molecule has 6 N–H and O–H groups in total. The molecule has 6 nitrogen and oxygen atoms in total. The molecule has 2 aromatic carbocycles. The number of nitrogens with one attached hydrogen (secondary N) is 2. The maximum Gasteiger partial charge on any atom is 0.257 e. The quantitative estimate of drug-likeness (QED) is 0.586. The highest BCUT2D eigenvalue weighted by Gasteiger charge is 2.08. The van der Waals surface area contributed by atoms with Gasteiger partial charge in [0.1, 0.15) is 5.82 Å². The molecule has 1 aromatic heterocycles. The van der Waals surface area contributed by atoms with Gasteiger partial charge in [0.05, 0.1) is 5.56 Å². The van der Waals surface area contributed by atoms with E-state index in [-0.39, 0.29) is 17.3 Å². The molecule has 0 aliphatic carbocycles. The van der Waals surface area contributed by atoms with Gasteiger partial charge >= 0.3 is 0 Å². The molecule has 0 amide bonds. The van der Waals surface area contributed by atoms with E-state index in [2.05, 4.69) is 33.5 Å². The highest BCUT2D eigenvalue weighted by molar-refractivity contribution is 5.93. The lowest BCUT2D eigenvalue weighted by Crippen LogP contribution is -2.21. The monoisotopic (exact) mass is 295 g/mol. The second kappa shape index (κ2) is 5.77. The molecule has 0 unspecified atom stereocenters. The molecular weight excluding hydrogens is 278 g/mol. The molecule has 112 valence electrons. The number of aromatic nitrogens is 2. The average Bonchev–Trinajstić information content (AvgIpc) is 2.50. The Hall–Kier alpha value is -3.02. The maximum atomic E-state index is 11.8. The number of nitrogen functional groups attached to an aromatic ring is 2. The third-order valence-electron chi connectivity index (χ3n) is 3.55. The lowest BCUT2D eigenvalue weighted by molar-refractivity contribution is 0.967. The lowest BCUT2D eigenvalue weighted by atomic mass is 10.1. The SMILES string of the molecule is Nc1nc(N)c(CCNc2cccc3ccccc23)c(=O)[nH]1. The third-order valence-corrected chi connectivity index (χ3v) is 3.55. The van der Waals surface area contributed by atoms with Gasteiger partial charge in [-0.25, -0.2) is 0 Å². The minimum Gasteiger partial charge on any atom is -0.384 e. The molecular formula is C16H17N5O. The van der Waals surface area contributed by atoms with Crippen LogP contribution in [0.4, 0.5) is 17.5 Å². The van der Waals surface area contributed by atoms with Gasteiger partial charge in [-0.3, -0.25) is 9.78 Å². The van der Waals surface area contributed by atoms with Gasteiger partial charge in [-0.1, -0.05) is 36.4 Å². The van der Waals surface area contributed by atoms with E-state index in [1.807, 2.05) is 24.3 Å². The van der Waals surface area contributed by atoms with E-state index in [0.717, 1.165) is 11.1 Å². The van der Waals surface area contributed by atoms with Crippen molar-refractivity contribution < 1.29 is 0 Å². The summed E-state index contributed by atoms with van der Waals surface area (Å²) in [6.45, 7) is 0.576. The van der Waals surface area contributed by atoms with Crippen LogP contribution in [0.15, 0.2) is 47.3 Å². The number of anilines is 3. The van der Waals surface area contributed by atoms with E-state index in [9.17, 15) is 4.79 Å². The Bertz CT molecular complexity index is 867. The molecule has 0 aliphatic rings. The molecule has 6 heteroatoms. The zero-order valence-electron chi connectivity index (χ0n) is 12.0. The summed E-state index contributed by atoms with van der Waals surface area (Å²) in [5, 5.41) is 5.64. The number of hydrogen-bond donors (Lipinski definition) is 4. The Balaban J connectivity index is 1.77. The number of nitrogens with zero attached hydrogens (tertiary/aromatic N) is 1. The summed E-state index contributed by atoms with van der Waals surface area (Å²) in [5.74, 6) is 0.217. The van der Waals surface area contributed by atoms with Gasteiger partial charge in [-0.15, -0.1) is 0 Å². The number of aromatic amines is 1. The van der Waals surface area contributed by atoms with Crippen LogP contribution in [0.1, 0.15) is 5.56 Å². The highest BCUT2D eigenvalue weighted by atomic mass is 16.1. The molecule has 0 radical (unpaired) electrons. The number of H-pyrrole nitrogens is 1. The second-order valence-electron chi connectivity index (χ2n) is 5.02. The van der Waals surface area contributed by atoms with Crippen molar-refractivity contribution in [2.45, 2.75) is 6.42 Å². The Morgan fingerprint density at radius 2 is 1.86 bits per heavy atom. The van der Waals surface area contributed by atoms with Gasteiger partial charge in [0.2, 0.25) is 5.95 Å². The lowest BCUT2D eigenvalue weighted by Gasteiger charge is -2.10. The van der Waals surface area contributed by atoms with Crippen molar-refractivity contribution >= 4 is 28.2 Å². The van der Waals surface area contributed by atoms with Crippen molar-refractivity contribution in [3.63, 3.8) is 0 Å². The smallest absolute Gasteiger partial charge is 0.257 e. The first-order chi connectivity index (χ1) is 10.6. The zero-order chi connectivity index (χ0) is 15.5. The van der Waals surface area contributed by atoms with Crippen LogP contribution in [0.25, 0.3) is 10.8 Å². The summed E-state index contributed by atoms with van der Waals surface area (Å²) < 4.78 is 0. The Morgan fingerprint density at radius 1 is 1.09 bits per heavy atom. The van der Waals surface area contributed by atoms with E-state index in [1.54, 1.807) is 0 Å². The van der Waals surface area contributed by atoms with Crippen LogP contribution in [0, 0.1) is 0 Å². The molecule has 0 aliphatic heterocycles. The molecule has 3 aromatic rings. The number of fused-ring (bicyclic) bond motifs is 1. The number of nitrogens with two attached hydrogens (primary N) is 2. The van der Waals surface area contributed by atoms with Crippen LogP contribution in [0.3, 0.4) is 0 Å². The standard InChI is InChI=1S/C16H17N5O/c17-14-12(15(22)21-16(18)20-14)8-9-19-13-7-3-5-10-4-1-2-6-11(10)13/h1-7,19H,8-9H2,(H5,17,18,20,21,22). The van der Waals surface area contributed by atoms with Crippen molar-refractivity contribution in [3.05, 3.63) is 58.4 Å². The first kappa shape index (κ1) is 13.9. The maximum absolute atomic E-state index is 11.8. The molecule has 0 spiro atoms. The van der Waals surface area contributed by atoms with Crippen LogP contribution >= 0.6 is 0 Å². The Labute approximate surface area is 127 Å².